The Hall–Kier alpha value is -1.87. The fraction of sp³-hybridized carbons (Fsp3) is 0.600. The Labute approximate surface area is 140 Å². The van der Waals surface area contributed by atoms with Gasteiger partial charge in [-0.1, -0.05) is 0 Å². The summed E-state index contributed by atoms with van der Waals surface area (Å²) in [6.45, 7) is 1.12. The highest BCUT2D eigenvalue weighted by atomic mass is 32.2. The highest BCUT2D eigenvalue weighted by molar-refractivity contribution is 7.88. The van der Waals surface area contributed by atoms with E-state index in [4.69, 9.17) is 9.52 Å². The number of aliphatic carboxylic acids is 1. The molecule has 134 valence electrons. The zero-order valence-corrected chi connectivity index (χ0v) is 14.3. The number of carboxylic acids is 1. The Morgan fingerprint density at radius 2 is 2.17 bits per heavy atom. The van der Waals surface area contributed by atoms with Crippen molar-refractivity contribution in [3.63, 3.8) is 0 Å². The fourth-order valence-electron chi connectivity index (χ4n) is 2.76. The molecule has 0 spiro atoms. The first kappa shape index (κ1) is 18.5. The third kappa shape index (κ3) is 5.64. The second-order valence-corrected chi connectivity index (χ2v) is 7.88. The molecule has 2 rings (SSSR count). The van der Waals surface area contributed by atoms with E-state index in [-0.39, 0.29) is 30.6 Å². The normalized spacial score (nSPS) is 18.5. The lowest BCUT2D eigenvalue weighted by molar-refractivity contribution is -0.137. The van der Waals surface area contributed by atoms with Gasteiger partial charge >= 0.3 is 5.97 Å². The molecule has 0 bridgehead atoms. The van der Waals surface area contributed by atoms with Gasteiger partial charge in [0.15, 0.2) is 5.76 Å². The van der Waals surface area contributed by atoms with Crippen molar-refractivity contribution in [2.24, 2.45) is 5.92 Å². The zero-order valence-electron chi connectivity index (χ0n) is 13.5. The lowest BCUT2D eigenvalue weighted by atomic mass is 9.93. The first-order valence-corrected chi connectivity index (χ1v) is 9.68. The van der Waals surface area contributed by atoms with Crippen molar-refractivity contribution < 1.29 is 27.5 Å². The van der Waals surface area contributed by atoms with Gasteiger partial charge in [0.25, 0.3) is 5.91 Å². The maximum Gasteiger partial charge on any atom is 0.303 e. The van der Waals surface area contributed by atoms with Crippen LogP contribution >= 0.6 is 0 Å². The van der Waals surface area contributed by atoms with Gasteiger partial charge in [0.2, 0.25) is 10.0 Å². The molecule has 0 saturated carbocycles. The summed E-state index contributed by atoms with van der Waals surface area (Å²) >= 11 is 0. The van der Waals surface area contributed by atoms with Gasteiger partial charge in [-0.05, 0) is 37.3 Å². The first-order chi connectivity index (χ1) is 11.2. The molecular formula is C15H22N2O6S. The summed E-state index contributed by atoms with van der Waals surface area (Å²) in [5.41, 5.74) is 0. The number of carbonyl (C=O) groups is 2. The first-order valence-electron chi connectivity index (χ1n) is 7.79. The topological polar surface area (TPSA) is 117 Å². The molecule has 1 atom stereocenters. The van der Waals surface area contributed by atoms with E-state index in [1.165, 1.54) is 6.07 Å². The highest BCUT2D eigenvalue weighted by Gasteiger charge is 2.26. The fourth-order valence-corrected chi connectivity index (χ4v) is 3.16. The minimum atomic E-state index is -3.33. The monoisotopic (exact) mass is 358 g/mol. The van der Waals surface area contributed by atoms with E-state index >= 15 is 0 Å². The van der Waals surface area contributed by atoms with E-state index in [1.54, 1.807) is 11.0 Å². The van der Waals surface area contributed by atoms with Crippen LogP contribution in [0.5, 0.6) is 0 Å². The third-order valence-corrected chi connectivity index (χ3v) is 4.62. The van der Waals surface area contributed by atoms with Crippen LogP contribution in [0.4, 0.5) is 0 Å². The summed E-state index contributed by atoms with van der Waals surface area (Å²) in [5, 5.41) is 8.76. The molecule has 0 aliphatic carbocycles. The van der Waals surface area contributed by atoms with Crippen molar-refractivity contribution in [2.45, 2.75) is 32.2 Å². The lowest BCUT2D eigenvalue weighted by Gasteiger charge is -2.32. The van der Waals surface area contributed by atoms with Crippen LogP contribution in [-0.4, -0.2) is 49.6 Å². The van der Waals surface area contributed by atoms with Crippen LogP contribution in [0.1, 0.15) is 42.0 Å². The number of likely N-dealkylation sites (tertiary alicyclic amines) is 1. The van der Waals surface area contributed by atoms with Crippen LogP contribution in [0, 0.1) is 5.92 Å². The smallest absolute Gasteiger partial charge is 0.303 e. The van der Waals surface area contributed by atoms with Crippen molar-refractivity contribution in [1.29, 1.82) is 0 Å². The van der Waals surface area contributed by atoms with E-state index in [0.717, 1.165) is 19.1 Å². The summed E-state index contributed by atoms with van der Waals surface area (Å²) in [7, 11) is -3.33. The third-order valence-electron chi connectivity index (χ3n) is 3.95. The molecule has 1 aromatic rings. The maximum atomic E-state index is 12.5. The van der Waals surface area contributed by atoms with E-state index in [2.05, 4.69) is 4.72 Å². The molecule has 24 heavy (non-hydrogen) atoms. The number of piperidine rings is 1. The molecule has 2 N–H and O–H groups in total. The zero-order chi connectivity index (χ0) is 17.7. The van der Waals surface area contributed by atoms with E-state index in [9.17, 15) is 18.0 Å². The molecule has 1 amide bonds. The molecule has 8 nitrogen and oxygen atoms in total. The number of carbonyl (C=O) groups excluding carboxylic acids is 1. The molecule has 2 heterocycles. The van der Waals surface area contributed by atoms with Gasteiger partial charge in [-0.25, -0.2) is 13.1 Å². The average molecular weight is 358 g/mol. The number of sulfonamides is 1. The lowest BCUT2D eigenvalue weighted by Crippen LogP contribution is -2.39. The number of hydrogen-bond acceptors (Lipinski definition) is 5. The van der Waals surface area contributed by atoms with Crippen molar-refractivity contribution in [1.82, 2.24) is 9.62 Å². The number of furan rings is 1. The number of nitrogens with zero attached hydrogens (tertiary/aromatic N) is 1. The van der Waals surface area contributed by atoms with Crippen molar-refractivity contribution in [3.05, 3.63) is 23.7 Å². The second-order valence-electron chi connectivity index (χ2n) is 6.05. The summed E-state index contributed by atoms with van der Waals surface area (Å²) in [6.07, 6.45) is 3.46. The molecule has 0 radical (unpaired) electrons. The number of nitrogens with one attached hydrogen (secondary N) is 1. The van der Waals surface area contributed by atoms with Crippen molar-refractivity contribution >= 4 is 21.9 Å². The van der Waals surface area contributed by atoms with Crippen LogP contribution in [0.25, 0.3) is 0 Å². The highest BCUT2D eigenvalue weighted by Crippen LogP contribution is 2.23. The Morgan fingerprint density at radius 1 is 1.42 bits per heavy atom. The quantitative estimate of drug-likeness (QED) is 0.752. The number of amides is 1. The van der Waals surface area contributed by atoms with Crippen LogP contribution in [0.15, 0.2) is 16.5 Å². The molecule has 0 aromatic carbocycles. The number of carboxylic acid groups (broad SMARTS) is 1. The van der Waals surface area contributed by atoms with Gasteiger partial charge < -0.3 is 14.4 Å². The molecule has 9 heteroatoms. The van der Waals surface area contributed by atoms with Gasteiger partial charge in [0.1, 0.15) is 5.76 Å². The standard InChI is InChI=1S/C15H22N2O6S/c1-24(21,22)16-9-12-5-6-13(23-12)15(20)17-8-2-3-11(10-17)4-7-14(18)19/h5-6,11,16H,2-4,7-10H2,1H3,(H,18,19). The van der Waals surface area contributed by atoms with Crippen molar-refractivity contribution in [3.8, 4) is 0 Å². The number of rotatable bonds is 7. The van der Waals surface area contributed by atoms with Gasteiger partial charge in [-0.15, -0.1) is 0 Å². The molecule has 1 fully saturated rings. The summed E-state index contributed by atoms with van der Waals surface area (Å²) < 4.78 is 29.9. The van der Waals surface area contributed by atoms with E-state index in [0.29, 0.717) is 25.3 Å². The second kappa shape index (κ2) is 7.80. The largest absolute Gasteiger partial charge is 0.481 e. The van der Waals surface area contributed by atoms with Gasteiger partial charge in [-0.2, -0.15) is 0 Å². The summed E-state index contributed by atoms with van der Waals surface area (Å²) in [5.74, 6) is -0.365. The predicted molar refractivity (Wildman–Crippen MR) is 85.9 cm³/mol. The predicted octanol–water partition coefficient (Wildman–Crippen LogP) is 1.05. The van der Waals surface area contributed by atoms with Gasteiger partial charge in [0, 0.05) is 19.5 Å². The SMILES string of the molecule is CS(=O)(=O)NCc1ccc(C(=O)N2CCCC(CCC(=O)O)C2)o1. The van der Waals surface area contributed by atoms with Crippen LogP contribution in [0.2, 0.25) is 0 Å². The molecule has 1 unspecified atom stereocenters. The summed E-state index contributed by atoms with van der Waals surface area (Å²) in [4.78, 5) is 24.8. The minimum Gasteiger partial charge on any atom is -0.481 e. The van der Waals surface area contributed by atoms with E-state index in [1.807, 2.05) is 0 Å². The minimum absolute atomic E-state index is 0.00660. The Kier molecular flexibility index (Phi) is 6.00. The van der Waals surface area contributed by atoms with Gasteiger partial charge in [0.05, 0.1) is 12.8 Å². The Balaban J connectivity index is 1.93. The Morgan fingerprint density at radius 3 is 2.83 bits per heavy atom. The Bertz CT molecular complexity index is 697. The molecular weight excluding hydrogens is 336 g/mol. The van der Waals surface area contributed by atoms with Crippen LogP contribution in [-0.2, 0) is 21.4 Å². The van der Waals surface area contributed by atoms with Gasteiger partial charge in [-0.3, -0.25) is 9.59 Å². The summed E-state index contributed by atoms with van der Waals surface area (Å²) in [6, 6.07) is 3.10. The van der Waals surface area contributed by atoms with Crippen molar-refractivity contribution in [2.75, 3.05) is 19.3 Å². The van der Waals surface area contributed by atoms with Crippen LogP contribution in [0.3, 0.4) is 0 Å². The molecule has 1 aliphatic heterocycles. The maximum absolute atomic E-state index is 12.5. The number of hydrogen-bond donors (Lipinski definition) is 2. The molecule has 1 aromatic heterocycles. The molecule has 1 saturated heterocycles. The van der Waals surface area contributed by atoms with E-state index < -0.39 is 16.0 Å². The average Bonchev–Trinajstić information content (AvgIpc) is 2.99. The molecule has 1 aliphatic rings. The van der Waals surface area contributed by atoms with Crippen LogP contribution < -0.4 is 4.72 Å².